The second-order valence-corrected chi connectivity index (χ2v) is 3.87. The molecular weight excluding hydrogens is 246 g/mol. The number of aromatic amines is 1. The zero-order valence-corrected chi connectivity index (χ0v) is 10.7. The maximum absolute atomic E-state index is 12.0. The zero-order chi connectivity index (χ0) is 13.8. The van der Waals surface area contributed by atoms with Crippen molar-refractivity contribution in [1.29, 1.82) is 0 Å². The fourth-order valence-corrected chi connectivity index (χ4v) is 1.64. The van der Waals surface area contributed by atoms with Gasteiger partial charge in [0.1, 0.15) is 17.2 Å². The Kier molecular flexibility index (Phi) is 3.61. The molecule has 0 aliphatic rings. The summed E-state index contributed by atoms with van der Waals surface area (Å²) in [6, 6.07) is 6.71. The third-order valence-electron chi connectivity index (χ3n) is 2.60. The molecule has 0 unspecified atom stereocenters. The minimum Gasteiger partial charge on any atom is -0.497 e. The number of benzene rings is 1. The van der Waals surface area contributed by atoms with Gasteiger partial charge in [-0.3, -0.25) is 4.79 Å². The predicted molar refractivity (Wildman–Crippen MR) is 72.7 cm³/mol. The summed E-state index contributed by atoms with van der Waals surface area (Å²) in [6.07, 6.45) is 1.55. The highest BCUT2D eigenvalue weighted by Gasteiger charge is 2.12. The van der Waals surface area contributed by atoms with Crippen LogP contribution in [0, 0.1) is 0 Å². The highest BCUT2D eigenvalue weighted by atomic mass is 16.5. The van der Waals surface area contributed by atoms with Crippen molar-refractivity contribution in [3.63, 3.8) is 0 Å². The van der Waals surface area contributed by atoms with Crippen LogP contribution in [0.3, 0.4) is 0 Å². The summed E-state index contributed by atoms with van der Waals surface area (Å²) in [5.74, 6) is 0.874. The van der Waals surface area contributed by atoms with Crippen LogP contribution in [0.15, 0.2) is 30.5 Å². The number of anilines is 2. The van der Waals surface area contributed by atoms with Gasteiger partial charge in [0.2, 0.25) is 0 Å². The molecule has 0 atom stereocenters. The maximum Gasteiger partial charge on any atom is 0.272 e. The number of hydrogen-bond acceptors (Lipinski definition) is 4. The largest absolute Gasteiger partial charge is 0.497 e. The van der Waals surface area contributed by atoms with Crippen LogP contribution < -0.4 is 20.5 Å². The van der Waals surface area contributed by atoms with E-state index in [-0.39, 0.29) is 5.91 Å². The number of methoxy groups -OCH3 is 2. The van der Waals surface area contributed by atoms with E-state index in [9.17, 15) is 4.79 Å². The zero-order valence-electron chi connectivity index (χ0n) is 10.7. The van der Waals surface area contributed by atoms with E-state index in [2.05, 4.69) is 10.3 Å². The monoisotopic (exact) mass is 261 g/mol. The topological polar surface area (TPSA) is 89.4 Å². The number of nitrogens with two attached hydrogens (primary N) is 1. The SMILES string of the molecule is COc1ccc(OC)c(NC(=O)c2cc(N)c[nH]2)c1. The molecule has 6 nitrogen and oxygen atoms in total. The third kappa shape index (κ3) is 2.79. The number of H-pyrrole nitrogens is 1. The summed E-state index contributed by atoms with van der Waals surface area (Å²) in [6.45, 7) is 0. The van der Waals surface area contributed by atoms with Gasteiger partial charge in [0.15, 0.2) is 0 Å². The Morgan fingerprint density at radius 2 is 2.05 bits per heavy atom. The Bertz CT molecular complexity index is 593. The summed E-state index contributed by atoms with van der Waals surface area (Å²) in [7, 11) is 3.09. The van der Waals surface area contributed by atoms with E-state index >= 15 is 0 Å². The van der Waals surface area contributed by atoms with Gasteiger partial charge in [0.25, 0.3) is 5.91 Å². The first-order valence-corrected chi connectivity index (χ1v) is 5.61. The quantitative estimate of drug-likeness (QED) is 0.783. The fourth-order valence-electron chi connectivity index (χ4n) is 1.64. The van der Waals surface area contributed by atoms with Crippen molar-refractivity contribution in [3.8, 4) is 11.5 Å². The van der Waals surface area contributed by atoms with Crippen LogP contribution in [0.1, 0.15) is 10.5 Å². The highest BCUT2D eigenvalue weighted by molar-refractivity contribution is 6.04. The first-order valence-electron chi connectivity index (χ1n) is 5.61. The van der Waals surface area contributed by atoms with Crippen LogP contribution in [-0.4, -0.2) is 25.1 Å². The normalized spacial score (nSPS) is 10.0. The minimum absolute atomic E-state index is 0.303. The molecule has 19 heavy (non-hydrogen) atoms. The molecule has 0 saturated carbocycles. The van der Waals surface area contributed by atoms with Gasteiger partial charge in [-0.15, -0.1) is 0 Å². The Morgan fingerprint density at radius 1 is 1.26 bits per heavy atom. The lowest BCUT2D eigenvalue weighted by Gasteiger charge is -2.11. The molecule has 1 heterocycles. The number of carbonyl (C=O) groups is 1. The van der Waals surface area contributed by atoms with Gasteiger partial charge < -0.3 is 25.5 Å². The number of carbonyl (C=O) groups excluding carboxylic acids is 1. The van der Waals surface area contributed by atoms with Crippen molar-refractivity contribution in [2.24, 2.45) is 0 Å². The molecule has 1 aromatic heterocycles. The Balaban J connectivity index is 2.24. The van der Waals surface area contributed by atoms with E-state index in [1.54, 1.807) is 37.6 Å². The van der Waals surface area contributed by atoms with Crippen LogP contribution in [0.4, 0.5) is 11.4 Å². The molecule has 1 aromatic carbocycles. The van der Waals surface area contributed by atoms with Crippen molar-refractivity contribution in [1.82, 2.24) is 4.98 Å². The molecule has 0 aliphatic heterocycles. The standard InChI is InChI=1S/C13H15N3O3/c1-18-9-3-4-12(19-2)10(6-9)16-13(17)11-5-8(14)7-15-11/h3-7,15H,14H2,1-2H3,(H,16,17). The number of amides is 1. The van der Waals surface area contributed by atoms with Crippen molar-refractivity contribution in [2.45, 2.75) is 0 Å². The van der Waals surface area contributed by atoms with Gasteiger partial charge >= 0.3 is 0 Å². The van der Waals surface area contributed by atoms with Gasteiger partial charge in [-0.05, 0) is 18.2 Å². The lowest BCUT2D eigenvalue weighted by molar-refractivity contribution is 0.102. The molecule has 0 spiro atoms. The van der Waals surface area contributed by atoms with E-state index in [1.165, 1.54) is 7.11 Å². The number of aromatic nitrogens is 1. The molecule has 100 valence electrons. The van der Waals surface area contributed by atoms with E-state index in [0.717, 1.165) is 0 Å². The first kappa shape index (κ1) is 12.8. The summed E-state index contributed by atoms with van der Waals surface area (Å²) in [4.78, 5) is 14.8. The van der Waals surface area contributed by atoms with Crippen molar-refractivity contribution >= 4 is 17.3 Å². The first-order chi connectivity index (χ1) is 9.13. The second kappa shape index (κ2) is 5.34. The number of hydrogen-bond donors (Lipinski definition) is 3. The molecule has 0 radical (unpaired) electrons. The van der Waals surface area contributed by atoms with Gasteiger partial charge in [-0.2, -0.15) is 0 Å². The van der Waals surface area contributed by atoms with Crippen LogP contribution in [0.5, 0.6) is 11.5 Å². The highest BCUT2D eigenvalue weighted by Crippen LogP contribution is 2.29. The molecule has 0 bridgehead atoms. The van der Waals surface area contributed by atoms with E-state index in [0.29, 0.717) is 28.6 Å². The van der Waals surface area contributed by atoms with Crippen LogP contribution in [-0.2, 0) is 0 Å². The van der Waals surface area contributed by atoms with Crippen molar-refractivity contribution in [3.05, 3.63) is 36.2 Å². The molecule has 4 N–H and O–H groups in total. The lowest BCUT2D eigenvalue weighted by atomic mass is 10.2. The van der Waals surface area contributed by atoms with Gasteiger partial charge in [-0.25, -0.2) is 0 Å². The van der Waals surface area contributed by atoms with Crippen LogP contribution >= 0.6 is 0 Å². The minimum atomic E-state index is -0.303. The van der Waals surface area contributed by atoms with E-state index < -0.39 is 0 Å². The predicted octanol–water partition coefficient (Wildman–Crippen LogP) is 1.87. The summed E-state index contributed by atoms with van der Waals surface area (Å²) in [5.41, 5.74) is 6.96. The molecule has 2 rings (SSSR count). The number of rotatable bonds is 4. The van der Waals surface area contributed by atoms with Gasteiger partial charge in [0.05, 0.1) is 19.9 Å². The third-order valence-corrected chi connectivity index (χ3v) is 2.60. The molecule has 0 saturated heterocycles. The van der Waals surface area contributed by atoms with E-state index in [4.69, 9.17) is 15.2 Å². The molecular formula is C13H15N3O3. The average molecular weight is 261 g/mol. The van der Waals surface area contributed by atoms with Crippen molar-refractivity contribution < 1.29 is 14.3 Å². The smallest absolute Gasteiger partial charge is 0.272 e. The Morgan fingerprint density at radius 3 is 2.63 bits per heavy atom. The molecule has 6 heteroatoms. The number of ether oxygens (including phenoxy) is 2. The van der Waals surface area contributed by atoms with Crippen LogP contribution in [0.2, 0.25) is 0 Å². The summed E-state index contributed by atoms with van der Waals surface area (Å²) < 4.78 is 10.3. The molecule has 0 fully saturated rings. The van der Waals surface area contributed by atoms with Crippen LogP contribution in [0.25, 0.3) is 0 Å². The summed E-state index contributed by atoms with van der Waals surface area (Å²) in [5, 5.41) is 2.74. The fraction of sp³-hybridized carbons (Fsp3) is 0.154. The van der Waals surface area contributed by atoms with Gasteiger partial charge in [0, 0.05) is 18.0 Å². The summed E-state index contributed by atoms with van der Waals surface area (Å²) >= 11 is 0. The Labute approximate surface area is 110 Å². The maximum atomic E-state index is 12.0. The van der Waals surface area contributed by atoms with E-state index in [1.807, 2.05) is 0 Å². The van der Waals surface area contributed by atoms with Crippen molar-refractivity contribution in [2.75, 3.05) is 25.3 Å². The van der Waals surface area contributed by atoms with Gasteiger partial charge in [-0.1, -0.05) is 0 Å². The number of nitrogens with one attached hydrogen (secondary N) is 2. The molecule has 2 aromatic rings. The Hall–Kier alpha value is -2.63. The molecule has 1 amide bonds. The lowest BCUT2D eigenvalue weighted by Crippen LogP contribution is -2.13. The molecule has 0 aliphatic carbocycles. The average Bonchev–Trinajstić information content (AvgIpc) is 2.85. The number of nitrogen functional groups attached to an aromatic ring is 1. The second-order valence-electron chi connectivity index (χ2n) is 3.87.